The van der Waals surface area contributed by atoms with Gasteiger partial charge in [-0.15, -0.1) is 0 Å². The van der Waals surface area contributed by atoms with E-state index in [2.05, 4.69) is 0 Å². The first kappa shape index (κ1) is 20.9. The normalized spacial score (nSPS) is 15.6. The molecule has 0 aromatic rings. The van der Waals surface area contributed by atoms with Crippen LogP contribution in [-0.2, 0) is 4.65 Å². The number of hydrogen-bond donors (Lipinski definition) is 1. The summed E-state index contributed by atoms with van der Waals surface area (Å²) in [6.45, 7) is 4.00. The molecule has 1 saturated carbocycles. The van der Waals surface area contributed by atoms with Crippen molar-refractivity contribution >= 4 is 7.69 Å². The summed E-state index contributed by atoms with van der Waals surface area (Å²) in [7, 11) is 0.815. The second kappa shape index (κ2) is 16.9. The summed E-state index contributed by atoms with van der Waals surface area (Å²) in [5.41, 5.74) is 0. The monoisotopic (exact) mass is 237 g/mol. The standard InChI is InChI=1S/C6H12BO2.C2H6.2Ar/c8-7-9-6-4-2-1-3-5-6;1-2;;/h6,8H,1-5H2;1-2H3;;. The van der Waals surface area contributed by atoms with Crippen molar-refractivity contribution in [3.8, 4) is 0 Å². The summed E-state index contributed by atoms with van der Waals surface area (Å²) in [5, 5.41) is 8.27. The van der Waals surface area contributed by atoms with Gasteiger partial charge in [0.2, 0.25) is 0 Å². The fraction of sp³-hybridized carbons (Fsp3) is 1.00. The zero-order chi connectivity index (χ0) is 8.53. The minimum absolute atomic E-state index is 0. The molecule has 1 radical (unpaired) electrons. The van der Waals surface area contributed by atoms with Gasteiger partial charge in [0.05, 0.1) is 0 Å². The van der Waals surface area contributed by atoms with Gasteiger partial charge in [0, 0.05) is 81.6 Å². The van der Waals surface area contributed by atoms with Crippen molar-refractivity contribution in [2.75, 3.05) is 0 Å². The molecule has 1 aliphatic rings. The van der Waals surface area contributed by atoms with Crippen LogP contribution in [0, 0.1) is 75.5 Å². The predicted molar refractivity (Wildman–Crippen MR) is 47.3 cm³/mol. The molecule has 0 aromatic carbocycles. The largest absolute Gasteiger partial charge is 0.485 e. The molecule has 5 heteroatoms. The molecular weight excluding hydrogens is 219 g/mol. The van der Waals surface area contributed by atoms with Gasteiger partial charge in [0.25, 0.3) is 0 Å². The molecule has 1 aliphatic carbocycles. The molecule has 1 N–H and O–H groups in total. The molecule has 81 valence electrons. The minimum Gasteiger partial charge on any atom is -0.429 e. The third-order valence-corrected chi connectivity index (χ3v) is 1.81. The van der Waals surface area contributed by atoms with E-state index in [4.69, 9.17) is 9.68 Å². The van der Waals surface area contributed by atoms with E-state index in [0.717, 1.165) is 20.5 Å². The van der Waals surface area contributed by atoms with Gasteiger partial charge >= 0.3 is 7.69 Å². The Labute approximate surface area is 142 Å². The number of hydrogen-bond acceptors (Lipinski definition) is 2. The summed E-state index contributed by atoms with van der Waals surface area (Å²) in [5.74, 6) is 0. The number of rotatable bonds is 2. The van der Waals surface area contributed by atoms with Gasteiger partial charge < -0.3 is 9.68 Å². The Hall–Kier alpha value is 2.50. The molecule has 0 unspecified atom stereocenters. The van der Waals surface area contributed by atoms with Crippen LogP contribution in [0.1, 0.15) is 46.0 Å². The molecule has 0 aliphatic heterocycles. The van der Waals surface area contributed by atoms with Crippen LogP contribution in [0.25, 0.3) is 0 Å². The topological polar surface area (TPSA) is 29.5 Å². The Balaban J connectivity index is -0.000000234. The quantitative estimate of drug-likeness (QED) is 0.743. The Morgan fingerprint density at radius 1 is 1.08 bits per heavy atom. The van der Waals surface area contributed by atoms with E-state index in [9.17, 15) is 0 Å². The summed E-state index contributed by atoms with van der Waals surface area (Å²) in [4.78, 5) is 0. The van der Waals surface area contributed by atoms with Crippen LogP contribution >= 0.6 is 0 Å². The van der Waals surface area contributed by atoms with Crippen molar-refractivity contribution in [2.24, 2.45) is 0 Å². The molecule has 0 aromatic heterocycles. The van der Waals surface area contributed by atoms with Crippen molar-refractivity contribution in [1.82, 2.24) is 0 Å². The Bertz CT molecular complexity index is 77.8. The first-order valence-electron chi connectivity index (χ1n) is 4.55. The smallest absolute Gasteiger partial charge is 0.429 e. The second-order valence-corrected chi connectivity index (χ2v) is 2.50. The van der Waals surface area contributed by atoms with Gasteiger partial charge in [-0.2, -0.15) is 0 Å². The Kier molecular flexibility index (Phi) is 27.1. The summed E-state index contributed by atoms with van der Waals surface area (Å²) in [6, 6.07) is 0. The first-order chi connectivity index (χ1) is 5.43. The van der Waals surface area contributed by atoms with Gasteiger partial charge in [0.1, 0.15) is 0 Å². The third-order valence-electron chi connectivity index (χ3n) is 1.81. The molecule has 0 bridgehead atoms. The van der Waals surface area contributed by atoms with Crippen molar-refractivity contribution in [1.29, 1.82) is 0 Å². The van der Waals surface area contributed by atoms with Crippen molar-refractivity contribution < 1.29 is 85.2 Å². The van der Waals surface area contributed by atoms with Gasteiger partial charge in [-0.1, -0.05) is 33.1 Å². The maximum Gasteiger partial charge on any atom is 0.485 e. The second-order valence-electron chi connectivity index (χ2n) is 2.50. The van der Waals surface area contributed by atoms with Crippen molar-refractivity contribution in [3.05, 3.63) is 0 Å². The summed E-state index contributed by atoms with van der Waals surface area (Å²) < 4.78 is 4.91. The average Bonchev–Trinajstić information content (AvgIpc) is 2.11. The zero-order valence-corrected chi connectivity index (χ0v) is 9.67. The summed E-state index contributed by atoms with van der Waals surface area (Å²) >= 11 is 0. The maximum atomic E-state index is 8.27. The van der Waals surface area contributed by atoms with Gasteiger partial charge in [-0.3, -0.25) is 0 Å². The molecule has 2 nitrogen and oxygen atoms in total. The maximum absolute atomic E-state index is 8.27. The van der Waals surface area contributed by atoms with Gasteiger partial charge in [-0.05, 0) is 12.8 Å². The molecule has 0 saturated heterocycles. The predicted octanol–water partition coefficient (Wildman–Crippen LogP) is 1.89. The fourth-order valence-corrected chi connectivity index (χ4v) is 1.29. The van der Waals surface area contributed by atoms with E-state index < -0.39 is 0 Å². The van der Waals surface area contributed by atoms with Crippen LogP contribution in [0.15, 0.2) is 0 Å². The molecule has 0 amide bonds. The SMILES string of the molecule is CC.O[B]OC1CCCCC1.[Ar].[Ar]. The molecule has 0 spiro atoms. The van der Waals surface area contributed by atoms with Gasteiger partial charge in [0.15, 0.2) is 0 Å². The zero-order valence-electron chi connectivity index (χ0n) is 8.25. The van der Waals surface area contributed by atoms with E-state index in [-0.39, 0.29) is 75.5 Å². The first-order valence-corrected chi connectivity index (χ1v) is 4.55. The van der Waals surface area contributed by atoms with Crippen molar-refractivity contribution in [3.63, 3.8) is 0 Å². The molecule has 1 fully saturated rings. The van der Waals surface area contributed by atoms with Crippen LogP contribution in [0.3, 0.4) is 0 Å². The Morgan fingerprint density at radius 2 is 1.54 bits per heavy atom. The van der Waals surface area contributed by atoms with Crippen LogP contribution < -0.4 is 0 Å². The fourth-order valence-electron chi connectivity index (χ4n) is 1.29. The van der Waals surface area contributed by atoms with Crippen molar-refractivity contribution in [2.45, 2.75) is 52.1 Å². The van der Waals surface area contributed by atoms with E-state index in [1.165, 1.54) is 19.3 Å². The van der Waals surface area contributed by atoms with Crippen LogP contribution in [0.5, 0.6) is 0 Å². The molecular formula is C8H18Ar2BO2. The van der Waals surface area contributed by atoms with Gasteiger partial charge in [-0.25, -0.2) is 0 Å². The summed E-state index contributed by atoms with van der Waals surface area (Å²) in [6.07, 6.45) is 6.33. The van der Waals surface area contributed by atoms with E-state index in [1.807, 2.05) is 13.8 Å². The van der Waals surface area contributed by atoms with E-state index in [1.54, 1.807) is 0 Å². The van der Waals surface area contributed by atoms with Crippen LogP contribution in [0.2, 0.25) is 0 Å². The Morgan fingerprint density at radius 3 is 1.92 bits per heavy atom. The van der Waals surface area contributed by atoms with Crippen LogP contribution in [0.4, 0.5) is 0 Å². The minimum atomic E-state index is 0. The third kappa shape index (κ3) is 12.4. The van der Waals surface area contributed by atoms with E-state index in [0.29, 0.717) is 6.10 Å². The molecule has 1 rings (SSSR count). The molecule has 0 atom stereocenters. The van der Waals surface area contributed by atoms with E-state index >= 15 is 0 Å². The average molecular weight is 237 g/mol. The van der Waals surface area contributed by atoms with Crippen LogP contribution in [-0.4, -0.2) is 18.8 Å². The molecule has 0 heterocycles. The molecule has 13 heavy (non-hydrogen) atoms.